The standard InChI is InChI=1S/C18H18N4O3/c1-2-5-16(17-19-14-6-3-4-7-15(14)20-17)21-18(23)12-8-10-13(11-9-12)22(24)25/h3-4,6-11,16H,2,5H2,1H3,(H,19,20)(H,21,23). The van der Waals surface area contributed by atoms with E-state index in [1.165, 1.54) is 24.3 Å². The maximum Gasteiger partial charge on any atom is 0.269 e. The summed E-state index contributed by atoms with van der Waals surface area (Å²) in [5, 5.41) is 13.7. The molecule has 3 rings (SSSR count). The number of aromatic nitrogens is 2. The molecule has 0 saturated heterocycles. The van der Waals surface area contributed by atoms with Crippen LogP contribution < -0.4 is 5.32 Å². The lowest BCUT2D eigenvalue weighted by Gasteiger charge is -2.16. The van der Waals surface area contributed by atoms with Crippen molar-refractivity contribution in [2.24, 2.45) is 0 Å². The first-order chi connectivity index (χ1) is 12.1. The Balaban J connectivity index is 1.81. The number of H-pyrrole nitrogens is 1. The Kier molecular flexibility index (Phi) is 4.74. The van der Waals surface area contributed by atoms with E-state index >= 15 is 0 Å². The largest absolute Gasteiger partial charge is 0.342 e. The van der Waals surface area contributed by atoms with Crippen molar-refractivity contribution in [1.29, 1.82) is 0 Å². The fraction of sp³-hybridized carbons (Fsp3) is 0.222. The molecule has 1 atom stereocenters. The first-order valence-electron chi connectivity index (χ1n) is 8.08. The minimum atomic E-state index is -0.490. The van der Waals surface area contributed by atoms with Crippen molar-refractivity contribution < 1.29 is 9.72 Å². The van der Waals surface area contributed by atoms with E-state index in [9.17, 15) is 14.9 Å². The van der Waals surface area contributed by atoms with Gasteiger partial charge in [0.15, 0.2) is 0 Å². The quantitative estimate of drug-likeness (QED) is 0.528. The fourth-order valence-electron chi connectivity index (χ4n) is 2.68. The van der Waals surface area contributed by atoms with Gasteiger partial charge in [0.1, 0.15) is 5.82 Å². The minimum absolute atomic E-state index is 0.0426. The number of carbonyl (C=O) groups excluding carboxylic acids is 1. The van der Waals surface area contributed by atoms with E-state index in [2.05, 4.69) is 15.3 Å². The summed E-state index contributed by atoms with van der Waals surface area (Å²) in [6.45, 7) is 2.04. The average molecular weight is 338 g/mol. The number of fused-ring (bicyclic) bond motifs is 1. The van der Waals surface area contributed by atoms with E-state index < -0.39 is 4.92 Å². The number of nitro groups is 1. The first-order valence-corrected chi connectivity index (χ1v) is 8.08. The molecular formula is C18H18N4O3. The van der Waals surface area contributed by atoms with Crippen molar-refractivity contribution in [2.75, 3.05) is 0 Å². The predicted molar refractivity (Wildman–Crippen MR) is 94.3 cm³/mol. The number of nitro benzene ring substituents is 1. The Labute approximate surface area is 144 Å². The summed E-state index contributed by atoms with van der Waals surface area (Å²) in [5.41, 5.74) is 2.10. The summed E-state index contributed by atoms with van der Waals surface area (Å²) in [7, 11) is 0. The molecule has 3 aromatic rings. The van der Waals surface area contributed by atoms with Crippen molar-refractivity contribution in [3.63, 3.8) is 0 Å². The highest BCUT2D eigenvalue weighted by atomic mass is 16.6. The topological polar surface area (TPSA) is 101 Å². The van der Waals surface area contributed by atoms with Gasteiger partial charge < -0.3 is 10.3 Å². The lowest BCUT2D eigenvalue weighted by atomic mass is 10.1. The minimum Gasteiger partial charge on any atom is -0.342 e. The van der Waals surface area contributed by atoms with E-state index in [1.807, 2.05) is 31.2 Å². The van der Waals surface area contributed by atoms with Crippen molar-refractivity contribution in [3.8, 4) is 0 Å². The Morgan fingerprint density at radius 1 is 1.24 bits per heavy atom. The van der Waals surface area contributed by atoms with Gasteiger partial charge in [-0.15, -0.1) is 0 Å². The third-order valence-corrected chi connectivity index (χ3v) is 3.96. The summed E-state index contributed by atoms with van der Waals surface area (Å²) in [5.74, 6) is 0.423. The van der Waals surface area contributed by atoms with Crippen LogP contribution in [0.5, 0.6) is 0 Å². The molecule has 7 heteroatoms. The predicted octanol–water partition coefficient (Wildman–Crippen LogP) is 3.74. The van der Waals surface area contributed by atoms with Crippen LogP contribution in [0, 0.1) is 10.1 Å². The maximum atomic E-state index is 12.5. The molecule has 7 nitrogen and oxygen atoms in total. The van der Waals surface area contributed by atoms with Crippen LogP contribution in [-0.4, -0.2) is 20.8 Å². The van der Waals surface area contributed by atoms with E-state index in [0.29, 0.717) is 11.4 Å². The lowest BCUT2D eigenvalue weighted by Crippen LogP contribution is -2.29. The van der Waals surface area contributed by atoms with Crippen LogP contribution in [0.3, 0.4) is 0 Å². The number of hydrogen-bond donors (Lipinski definition) is 2. The van der Waals surface area contributed by atoms with Crippen LogP contribution in [-0.2, 0) is 0 Å². The number of imidazole rings is 1. The van der Waals surface area contributed by atoms with E-state index in [4.69, 9.17) is 0 Å². The second-order valence-electron chi connectivity index (χ2n) is 5.76. The number of aromatic amines is 1. The Morgan fingerprint density at radius 2 is 1.96 bits per heavy atom. The zero-order valence-electron chi connectivity index (χ0n) is 13.7. The van der Waals surface area contributed by atoms with Gasteiger partial charge in [0.2, 0.25) is 0 Å². The number of non-ortho nitro benzene ring substituents is 1. The number of carbonyl (C=O) groups is 1. The summed E-state index contributed by atoms with van der Waals surface area (Å²) in [4.78, 5) is 30.5. The number of rotatable bonds is 6. The molecule has 0 fully saturated rings. The molecule has 1 unspecified atom stereocenters. The molecule has 25 heavy (non-hydrogen) atoms. The van der Waals surface area contributed by atoms with Crippen molar-refractivity contribution in [2.45, 2.75) is 25.8 Å². The van der Waals surface area contributed by atoms with Crippen LogP contribution in [0.25, 0.3) is 11.0 Å². The second-order valence-corrected chi connectivity index (χ2v) is 5.76. The summed E-state index contributed by atoms with van der Waals surface area (Å²) >= 11 is 0. The summed E-state index contributed by atoms with van der Waals surface area (Å²) in [6, 6.07) is 13.0. The van der Waals surface area contributed by atoms with E-state index in [0.717, 1.165) is 23.9 Å². The van der Waals surface area contributed by atoms with Gasteiger partial charge in [-0.1, -0.05) is 25.5 Å². The molecule has 1 heterocycles. The average Bonchev–Trinajstić information content (AvgIpc) is 3.05. The highest BCUT2D eigenvalue weighted by Gasteiger charge is 2.19. The van der Waals surface area contributed by atoms with E-state index in [-0.39, 0.29) is 17.6 Å². The lowest BCUT2D eigenvalue weighted by molar-refractivity contribution is -0.384. The van der Waals surface area contributed by atoms with Crippen molar-refractivity contribution in [1.82, 2.24) is 15.3 Å². The van der Waals surface area contributed by atoms with Crippen LogP contribution in [0.1, 0.15) is 42.0 Å². The van der Waals surface area contributed by atoms with Gasteiger partial charge in [0.25, 0.3) is 11.6 Å². The van der Waals surface area contributed by atoms with Gasteiger partial charge in [-0.2, -0.15) is 0 Å². The summed E-state index contributed by atoms with van der Waals surface area (Å²) in [6.07, 6.45) is 1.61. The Hall–Kier alpha value is -3.22. The molecule has 0 aliphatic heterocycles. The molecule has 2 aromatic carbocycles. The first kappa shape index (κ1) is 16.6. The molecular weight excluding hydrogens is 320 g/mol. The van der Waals surface area contributed by atoms with Gasteiger partial charge in [-0.25, -0.2) is 4.98 Å². The number of para-hydroxylation sites is 2. The third-order valence-electron chi connectivity index (χ3n) is 3.96. The van der Waals surface area contributed by atoms with Gasteiger partial charge in [0, 0.05) is 17.7 Å². The normalized spacial score (nSPS) is 12.0. The molecule has 128 valence electrons. The summed E-state index contributed by atoms with van der Waals surface area (Å²) < 4.78 is 0. The van der Waals surface area contributed by atoms with Crippen LogP contribution >= 0.6 is 0 Å². The van der Waals surface area contributed by atoms with E-state index in [1.54, 1.807) is 0 Å². The molecule has 0 spiro atoms. The Bertz CT molecular complexity index is 869. The van der Waals surface area contributed by atoms with Crippen LogP contribution in [0.2, 0.25) is 0 Å². The second kappa shape index (κ2) is 7.12. The smallest absolute Gasteiger partial charge is 0.269 e. The highest BCUT2D eigenvalue weighted by molar-refractivity contribution is 5.94. The number of benzene rings is 2. The molecule has 0 bridgehead atoms. The fourth-order valence-corrected chi connectivity index (χ4v) is 2.68. The molecule has 1 aromatic heterocycles. The molecule has 0 saturated carbocycles. The SMILES string of the molecule is CCCC(NC(=O)c1ccc([N+](=O)[O-])cc1)c1nc2ccccc2[nH]1. The molecule has 1 amide bonds. The monoisotopic (exact) mass is 338 g/mol. The number of hydrogen-bond acceptors (Lipinski definition) is 4. The van der Waals surface area contributed by atoms with Gasteiger partial charge in [-0.3, -0.25) is 14.9 Å². The van der Waals surface area contributed by atoms with Crippen LogP contribution in [0.4, 0.5) is 5.69 Å². The van der Waals surface area contributed by atoms with Gasteiger partial charge in [-0.05, 0) is 30.7 Å². The van der Waals surface area contributed by atoms with Gasteiger partial charge in [0.05, 0.1) is 22.0 Å². The molecule has 0 radical (unpaired) electrons. The zero-order valence-corrected chi connectivity index (χ0v) is 13.7. The third kappa shape index (κ3) is 3.65. The molecule has 0 aliphatic rings. The molecule has 0 aliphatic carbocycles. The highest BCUT2D eigenvalue weighted by Crippen LogP contribution is 2.20. The number of amides is 1. The van der Waals surface area contributed by atoms with Crippen molar-refractivity contribution in [3.05, 3.63) is 70.0 Å². The van der Waals surface area contributed by atoms with Gasteiger partial charge >= 0.3 is 0 Å². The van der Waals surface area contributed by atoms with Crippen LogP contribution in [0.15, 0.2) is 48.5 Å². The zero-order chi connectivity index (χ0) is 17.8. The molecule has 2 N–H and O–H groups in total. The van der Waals surface area contributed by atoms with Crippen molar-refractivity contribution >= 4 is 22.6 Å². The Morgan fingerprint density at radius 3 is 2.60 bits per heavy atom. The number of nitrogens with one attached hydrogen (secondary N) is 2. The number of nitrogens with zero attached hydrogens (tertiary/aromatic N) is 2. The maximum absolute atomic E-state index is 12.5.